The Kier molecular flexibility index (Phi) is 3.70. The van der Waals surface area contributed by atoms with E-state index in [-0.39, 0.29) is 5.82 Å². The summed E-state index contributed by atoms with van der Waals surface area (Å²) in [6.07, 6.45) is 3.70. The minimum Gasteiger partial charge on any atom is -0.383 e. The zero-order chi connectivity index (χ0) is 18.3. The number of pyridine rings is 1. The molecule has 26 heavy (non-hydrogen) atoms. The fraction of sp³-hybridized carbons (Fsp3) is 0.150. The van der Waals surface area contributed by atoms with Crippen molar-refractivity contribution in [2.45, 2.75) is 20.4 Å². The van der Waals surface area contributed by atoms with Crippen molar-refractivity contribution in [3.05, 3.63) is 54.1 Å². The van der Waals surface area contributed by atoms with Gasteiger partial charge in [0, 0.05) is 40.5 Å². The Bertz CT molecular complexity index is 1160. The highest BCUT2D eigenvalue weighted by molar-refractivity contribution is 5.96. The van der Waals surface area contributed by atoms with Crippen LogP contribution in [0.25, 0.3) is 33.4 Å². The van der Waals surface area contributed by atoms with Gasteiger partial charge in [0.15, 0.2) is 0 Å². The number of nitrogens with one attached hydrogen (secondary N) is 1. The van der Waals surface area contributed by atoms with Gasteiger partial charge in [-0.25, -0.2) is 9.97 Å². The molecule has 0 saturated carbocycles. The second-order valence-corrected chi connectivity index (χ2v) is 6.15. The van der Waals surface area contributed by atoms with Crippen LogP contribution in [0.5, 0.6) is 0 Å². The second-order valence-electron chi connectivity index (χ2n) is 6.15. The largest absolute Gasteiger partial charge is 0.383 e. The fourth-order valence-electron chi connectivity index (χ4n) is 3.35. The Hall–Kier alpha value is -3.59. The van der Waals surface area contributed by atoms with Gasteiger partial charge in [-0.3, -0.25) is 0 Å². The van der Waals surface area contributed by atoms with E-state index in [2.05, 4.69) is 50.8 Å². The summed E-state index contributed by atoms with van der Waals surface area (Å²) in [6.45, 7) is 4.88. The van der Waals surface area contributed by atoms with Gasteiger partial charge in [-0.15, -0.1) is 0 Å². The van der Waals surface area contributed by atoms with Gasteiger partial charge in [-0.1, -0.05) is 18.2 Å². The molecule has 0 fully saturated rings. The number of hydrogen-bond acceptors (Lipinski definition) is 4. The highest BCUT2D eigenvalue weighted by atomic mass is 15.0. The molecule has 0 aliphatic rings. The number of nitriles is 1. The summed E-state index contributed by atoms with van der Waals surface area (Å²) in [5.74, 6) is 0.218. The van der Waals surface area contributed by atoms with E-state index in [1.807, 2.05) is 25.1 Å². The number of H-pyrrole nitrogens is 1. The summed E-state index contributed by atoms with van der Waals surface area (Å²) >= 11 is 0. The molecule has 0 saturated heterocycles. The molecule has 0 aliphatic heterocycles. The fourth-order valence-corrected chi connectivity index (χ4v) is 3.35. The molecule has 0 unspecified atom stereocenters. The number of benzene rings is 1. The number of anilines is 1. The molecule has 0 spiro atoms. The maximum absolute atomic E-state index is 9.55. The Morgan fingerprint density at radius 3 is 2.77 bits per heavy atom. The van der Waals surface area contributed by atoms with E-state index in [1.165, 1.54) is 0 Å². The summed E-state index contributed by atoms with van der Waals surface area (Å²) in [5, 5.41) is 10.7. The minimum absolute atomic E-state index is 0.218. The van der Waals surface area contributed by atoms with Crippen LogP contribution in [0.4, 0.5) is 5.82 Å². The maximum Gasteiger partial charge on any atom is 0.142 e. The van der Waals surface area contributed by atoms with Crippen LogP contribution in [-0.4, -0.2) is 19.5 Å². The number of nitrogens with two attached hydrogens (primary N) is 1. The molecule has 128 valence electrons. The molecule has 6 nitrogen and oxygen atoms in total. The zero-order valence-corrected chi connectivity index (χ0v) is 14.6. The molecule has 0 radical (unpaired) electrons. The Labute approximate surface area is 150 Å². The first-order valence-electron chi connectivity index (χ1n) is 8.43. The number of para-hydroxylation sites is 1. The van der Waals surface area contributed by atoms with Crippen molar-refractivity contribution in [2.24, 2.45) is 0 Å². The van der Waals surface area contributed by atoms with E-state index in [9.17, 15) is 5.26 Å². The Morgan fingerprint density at radius 2 is 2.08 bits per heavy atom. The lowest BCUT2D eigenvalue weighted by molar-refractivity contribution is 0.798. The number of nitrogen functional groups attached to an aromatic ring is 1. The van der Waals surface area contributed by atoms with Crippen LogP contribution in [0.15, 0.2) is 42.9 Å². The van der Waals surface area contributed by atoms with Gasteiger partial charge < -0.3 is 15.3 Å². The SMILES string of the molecule is CCn1cc(-c2cc(-c3nc[nH]c3C)c(C#N)c(N)n2)c2ccccc21. The molecule has 3 heterocycles. The van der Waals surface area contributed by atoms with Crippen molar-refractivity contribution in [1.29, 1.82) is 5.26 Å². The van der Waals surface area contributed by atoms with E-state index >= 15 is 0 Å². The lowest BCUT2D eigenvalue weighted by atomic mass is 10.0. The smallest absolute Gasteiger partial charge is 0.142 e. The van der Waals surface area contributed by atoms with Crippen molar-refractivity contribution in [2.75, 3.05) is 5.73 Å². The number of rotatable bonds is 3. The van der Waals surface area contributed by atoms with Crippen molar-refractivity contribution in [1.82, 2.24) is 19.5 Å². The molecule has 4 aromatic rings. The van der Waals surface area contributed by atoms with Crippen molar-refractivity contribution in [3.63, 3.8) is 0 Å². The summed E-state index contributed by atoms with van der Waals surface area (Å²) in [7, 11) is 0. The standard InChI is InChI=1S/C20H18N6/c1-3-26-10-16(13-6-4-5-7-18(13)26)17-8-14(15(9-21)20(22)25-17)19-12(2)23-11-24-19/h4-8,10-11H,3H2,1-2H3,(H2,22,25)(H,23,24). The van der Waals surface area contributed by atoms with Crippen LogP contribution in [0.2, 0.25) is 0 Å². The van der Waals surface area contributed by atoms with Crippen LogP contribution in [0, 0.1) is 18.3 Å². The van der Waals surface area contributed by atoms with E-state index in [0.29, 0.717) is 11.1 Å². The number of aromatic nitrogens is 4. The van der Waals surface area contributed by atoms with Crippen LogP contribution in [-0.2, 0) is 6.54 Å². The minimum atomic E-state index is 0.218. The molecule has 0 amide bonds. The quantitative estimate of drug-likeness (QED) is 0.590. The van der Waals surface area contributed by atoms with Crippen LogP contribution >= 0.6 is 0 Å². The highest BCUT2D eigenvalue weighted by Gasteiger charge is 2.18. The number of fused-ring (bicyclic) bond motifs is 1. The predicted molar refractivity (Wildman–Crippen MR) is 102 cm³/mol. The molecule has 0 aliphatic carbocycles. The maximum atomic E-state index is 9.55. The van der Waals surface area contributed by atoms with Gasteiger partial charge in [0.25, 0.3) is 0 Å². The molecule has 4 rings (SSSR count). The van der Waals surface area contributed by atoms with E-state index < -0.39 is 0 Å². The predicted octanol–water partition coefficient (Wildman–Crippen LogP) is 3.88. The number of aromatic amines is 1. The molecule has 3 N–H and O–H groups in total. The van der Waals surface area contributed by atoms with E-state index in [1.54, 1.807) is 6.33 Å². The third kappa shape index (κ3) is 2.33. The lowest BCUT2D eigenvalue weighted by Crippen LogP contribution is -2.00. The number of hydrogen-bond donors (Lipinski definition) is 2. The molecule has 0 atom stereocenters. The van der Waals surface area contributed by atoms with Crippen molar-refractivity contribution in [3.8, 4) is 28.6 Å². The van der Waals surface area contributed by atoms with Gasteiger partial charge >= 0.3 is 0 Å². The average Bonchev–Trinajstić information content (AvgIpc) is 3.24. The Balaban J connectivity index is 2.02. The third-order valence-corrected chi connectivity index (χ3v) is 4.65. The molecule has 3 aromatic heterocycles. The monoisotopic (exact) mass is 342 g/mol. The van der Waals surface area contributed by atoms with Crippen molar-refractivity contribution < 1.29 is 0 Å². The van der Waals surface area contributed by atoms with Crippen LogP contribution < -0.4 is 5.73 Å². The summed E-state index contributed by atoms with van der Waals surface area (Å²) in [4.78, 5) is 11.9. The molecule has 6 heteroatoms. The highest BCUT2D eigenvalue weighted by Crippen LogP contribution is 2.35. The summed E-state index contributed by atoms with van der Waals surface area (Å²) in [6, 6.07) is 12.3. The van der Waals surface area contributed by atoms with Gasteiger partial charge in [0.05, 0.1) is 17.7 Å². The molecule has 0 bridgehead atoms. The summed E-state index contributed by atoms with van der Waals surface area (Å²) < 4.78 is 2.18. The van der Waals surface area contributed by atoms with Crippen LogP contribution in [0.3, 0.4) is 0 Å². The van der Waals surface area contributed by atoms with E-state index in [4.69, 9.17) is 5.73 Å². The van der Waals surface area contributed by atoms with E-state index in [0.717, 1.165) is 40.1 Å². The first-order valence-corrected chi connectivity index (χ1v) is 8.43. The second kappa shape index (κ2) is 6.05. The van der Waals surface area contributed by atoms with Gasteiger partial charge in [-0.2, -0.15) is 5.26 Å². The van der Waals surface area contributed by atoms with Crippen molar-refractivity contribution >= 4 is 16.7 Å². The number of imidazole rings is 1. The molecular weight excluding hydrogens is 324 g/mol. The first kappa shape index (κ1) is 15.9. The zero-order valence-electron chi connectivity index (χ0n) is 14.6. The Morgan fingerprint density at radius 1 is 1.27 bits per heavy atom. The normalized spacial score (nSPS) is 11.0. The topological polar surface area (TPSA) is 96.3 Å². The first-order chi connectivity index (χ1) is 12.6. The molecule has 1 aromatic carbocycles. The number of aryl methyl sites for hydroxylation is 2. The van der Waals surface area contributed by atoms with Gasteiger partial charge in [0.1, 0.15) is 17.5 Å². The van der Waals surface area contributed by atoms with Gasteiger partial charge in [0.2, 0.25) is 0 Å². The number of nitrogens with zero attached hydrogens (tertiary/aromatic N) is 4. The summed E-state index contributed by atoms with van der Waals surface area (Å²) in [5.41, 5.74) is 11.7. The van der Waals surface area contributed by atoms with Crippen LogP contribution in [0.1, 0.15) is 18.2 Å². The average molecular weight is 342 g/mol. The lowest BCUT2D eigenvalue weighted by Gasteiger charge is -2.08. The molecular formula is C20H18N6. The third-order valence-electron chi connectivity index (χ3n) is 4.65. The van der Waals surface area contributed by atoms with Gasteiger partial charge in [-0.05, 0) is 26.0 Å².